The molecule has 2 aromatic rings. The van der Waals surface area contributed by atoms with Gasteiger partial charge in [-0.2, -0.15) is 0 Å². The Morgan fingerprint density at radius 2 is 1.54 bits per heavy atom. The second-order valence-corrected chi connectivity index (χ2v) is 6.72. The number of carbonyl (C=O) groups excluding carboxylic acids is 2. The maximum Gasteiger partial charge on any atom is 0.255 e. The van der Waals surface area contributed by atoms with Crippen LogP contribution in [0.4, 0.5) is 11.4 Å². The van der Waals surface area contributed by atoms with Gasteiger partial charge in [0.05, 0.1) is 6.61 Å². The molecule has 0 radical (unpaired) electrons. The number of carbonyl (C=O) groups is 2. The van der Waals surface area contributed by atoms with E-state index in [1.54, 1.807) is 43.3 Å². The van der Waals surface area contributed by atoms with Crippen molar-refractivity contribution in [2.75, 3.05) is 17.2 Å². The number of nitrogens with one attached hydrogen (secondary N) is 2. The zero-order valence-electron chi connectivity index (χ0n) is 16.8. The van der Waals surface area contributed by atoms with Crippen molar-refractivity contribution in [1.82, 2.24) is 0 Å². The SMILES string of the molecule is CCCCCCCOc1ccc(C(=O)Nc2cccc(NC(=O)CC)c2)cc1. The summed E-state index contributed by atoms with van der Waals surface area (Å²) in [6.07, 6.45) is 6.41. The van der Waals surface area contributed by atoms with E-state index in [1.165, 1.54) is 25.7 Å². The topological polar surface area (TPSA) is 67.4 Å². The van der Waals surface area contributed by atoms with Crippen molar-refractivity contribution in [3.05, 3.63) is 54.1 Å². The molecule has 5 heteroatoms. The summed E-state index contributed by atoms with van der Waals surface area (Å²) in [5.74, 6) is 0.505. The number of anilines is 2. The van der Waals surface area contributed by atoms with Gasteiger partial charge in [0.15, 0.2) is 0 Å². The minimum atomic E-state index is -0.204. The third kappa shape index (κ3) is 7.43. The van der Waals surface area contributed by atoms with E-state index in [0.717, 1.165) is 12.2 Å². The lowest BCUT2D eigenvalue weighted by Gasteiger charge is -2.09. The monoisotopic (exact) mass is 382 g/mol. The maximum absolute atomic E-state index is 12.4. The van der Waals surface area contributed by atoms with Crippen LogP contribution in [0.3, 0.4) is 0 Å². The number of hydrogen-bond donors (Lipinski definition) is 2. The fourth-order valence-corrected chi connectivity index (χ4v) is 2.73. The van der Waals surface area contributed by atoms with Crippen molar-refractivity contribution in [3.63, 3.8) is 0 Å². The molecule has 0 unspecified atom stereocenters. The van der Waals surface area contributed by atoms with Gasteiger partial charge < -0.3 is 15.4 Å². The molecule has 0 spiro atoms. The molecule has 2 aromatic carbocycles. The van der Waals surface area contributed by atoms with Crippen LogP contribution in [0.25, 0.3) is 0 Å². The first kappa shape index (κ1) is 21.5. The summed E-state index contributed by atoms with van der Waals surface area (Å²) in [6.45, 7) is 4.70. The summed E-state index contributed by atoms with van der Waals surface area (Å²) in [7, 11) is 0. The van der Waals surface area contributed by atoms with Crippen molar-refractivity contribution in [2.45, 2.75) is 52.4 Å². The van der Waals surface area contributed by atoms with Crippen molar-refractivity contribution in [2.24, 2.45) is 0 Å². The van der Waals surface area contributed by atoms with Crippen LogP contribution >= 0.6 is 0 Å². The molecular weight excluding hydrogens is 352 g/mol. The molecule has 0 aromatic heterocycles. The lowest BCUT2D eigenvalue weighted by molar-refractivity contribution is -0.115. The highest BCUT2D eigenvalue weighted by atomic mass is 16.5. The van der Waals surface area contributed by atoms with Crippen LogP contribution in [0, 0.1) is 0 Å². The molecule has 0 heterocycles. The highest BCUT2D eigenvalue weighted by Crippen LogP contribution is 2.18. The van der Waals surface area contributed by atoms with Gasteiger partial charge in [-0.25, -0.2) is 0 Å². The molecule has 150 valence electrons. The van der Waals surface area contributed by atoms with Crippen LogP contribution in [-0.4, -0.2) is 18.4 Å². The Labute approximate surface area is 167 Å². The van der Waals surface area contributed by atoms with E-state index in [4.69, 9.17) is 4.74 Å². The van der Waals surface area contributed by atoms with Crippen LogP contribution < -0.4 is 15.4 Å². The Kier molecular flexibility index (Phi) is 9.05. The normalized spacial score (nSPS) is 10.4. The third-order valence-corrected chi connectivity index (χ3v) is 4.36. The van der Waals surface area contributed by atoms with Gasteiger partial charge in [-0.3, -0.25) is 9.59 Å². The van der Waals surface area contributed by atoms with Gasteiger partial charge in [-0.05, 0) is 48.9 Å². The Morgan fingerprint density at radius 3 is 2.21 bits per heavy atom. The van der Waals surface area contributed by atoms with Crippen LogP contribution in [-0.2, 0) is 4.79 Å². The first-order valence-corrected chi connectivity index (χ1v) is 10.1. The maximum atomic E-state index is 12.4. The number of ether oxygens (including phenoxy) is 1. The zero-order chi connectivity index (χ0) is 20.2. The molecule has 2 N–H and O–H groups in total. The van der Waals surface area contributed by atoms with E-state index in [1.807, 2.05) is 12.1 Å². The third-order valence-electron chi connectivity index (χ3n) is 4.36. The molecule has 2 rings (SSSR count). The summed E-state index contributed by atoms with van der Waals surface area (Å²) in [4.78, 5) is 23.9. The molecule has 0 atom stereocenters. The Morgan fingerprint density at radius 1 is 0.857 bits per heavy atom. The second kappa shape index (κ2) is 11.8. The Balaban J connectivity index is 1.84. The fraction of sp³-hybridized carbons (Fsp3) is 0.391. The van der Waals surface area contributed by atoms with Crippen LogP contribution in [0.2, 0.25) is 0 Å². The molecular formula is C23H30N2O3. The van der Waals surface area contributed by atoms with Crippen LogP contribution in [0.5, 0.6) is 5.75 Å². The molecule has 0 bridgehead atoms. The first-order valence-electron chi connectivity index (χ1n) is 10.1. The quantitative estimate of drug-likeness (QED) is 0.494. The Hall–Kier alpha value is -2.82. The minimum Gasteiger partial charge on any atom is -0.494 e. The van der Waals surface area contributed by atoms with Crippen molar-refractivity contribution < 1.29 is 14.3 Å². The molecule has 0 saturated heterocycles. The number of amides is 2. The van der Waals surface area contributed by atoms with E-state index in [2.05, 4.69) is 17.6 Å². The zero-order valence-corrected chi connectivity index (χ0v) is 16.8. The lowest BCUT2D eigenvalue weighted by Crippen LogP contribution is -2.13. The number of rotatable bonds is 11. The highest BCUT2D eigenvalue weighted by molar-refractivity contribution is 6.04. The molecule has 0 aliphatic carbocycles. The van der Waals surface area contributed by atoms with E-state index in [9.17, 15) is 9.59 Å². The molecule has 28 heavy (non-hydrogen) atoms. The molecule has 0 aliphatic heterocycles. The highest BCUT2D eigenvalue weighted by Gasteiger charge is 2.07. The summed E-state index contributed by atoms with van der Waals surface area (Å²) >= 11 is 0. The largest absolute Gasteiger partial charge is 0.494 e. The minimum absolute atomic E-state index is 0.0653. The summed E-state index contributed by atoms with van der Waals surface area (Å²) in [5, 5.41) is 5.63. The Bertz CT molecular complexity index is 757. The average molecular weight is 383 g/mol. The summed E-state index contributed by atoms with van der Waals surface area (Å²) < 4.78 is 5.73. The van der Waals surface area contributed by atoms with Gasteiger partial charge in [-0.15, -0.1) is 0 Å². The van der Waals surface area contributed by atoms with Gasteiger partial charge >= 0.3 is 0 Å². The predicted octanol–water partition coefficient (Wildman–Crippen LogP) is 5.64. The van der Waals surface area contributed by atoms with Gasteiger partial charge in [0.1, 0.15) is 5.75 Å². The predicted molar refractivity (Wildman–Crippen MR) is 114 cm³/mol. The number of benzene rings is 2. The molecule has 0 fully saturated rings. The average Bonchev–Trinajstić information content (AvgIpc) is 2.71. The van der Waals surface area contributed by atoms with Crippen LogP contribution in [0.15, 0.2) is 48.5 Å². The van der Waals surface area contributed by atoms with Crippen LogP contribution in [0.1, 0.15) is 62.7 Å². The smallest absolute Gasteiger partial charge is 0.255 e. The summed E-state index contributed by atoms with van der Waals surface area (Å²) in [5.41, 5.74) is 1.84. The van der Waals surface area contributed by atoms with E-state index in [0.29, 0.717) is 30.0 Å². The van der Waals surface area contributed by atoms with Crippen molar-refractivity contribution in [3.8, 4) is 5.75 Å². The van der Waals surface area contributed by atoms with Gasteiger partial charge in [0, 0.05) is 23.4 Å². The molecule has 5 nitrogen and oxygen atoms in total. The second-order valence-electron chi connectivity index (χ2n) is 6.72. The molecule has 2 amide bonds. The van der Waals surface area contributed by atoms with Gasteiger partial charge in [-0.1, -0.05) is 45.6 Å². The van der Waals surface area contributed by atoms with Gasteiger partial charge in [0.25, 0.3) is 5.91 Å². The standard InChI is InChI=1S/C23H30N2O3/c1-3-5-6-7-8-16-28-21-14-12-18(13-15-21)23(27)25-20-11-9-10-19(17-20)24-22(26)4-2/h9-15,17H,3-8,16H2,1-2H3,(H,24,26)(H,25,27). The van der Waals surface area contributed by atoms with Crippen molar-refractivity contribution >= 4 is 23.2 Å². The fourth-order valence-electron chi connectivity index (χ4n) is 2.73. The number of unbranched alkanes of at least 4 members (excludes halogenated alkanes) is 4. The van der Waals surface area contributed by atoms with Crippen molar-refractivity contribution in [1.29, 1.82) is 0 Å². The molecule has 0 saturated carbocycles. The van der Waals surface area contributed by atoms with E-state index >= 15 is 0 Å². The van der Waals surface area contributed by atoms with Gasteiger partial charge in [0.2, 0.25) is 5.91 Å². The van der Waals surface area contributed by atoms with E-state index in [-0.39, 0.29) is 11.8 Å². The first-order chi connectivity index (χ1) is 13.6. The number of hydrogen-bond acceptors (Lipinski definition) is 3. The van der Waals surface area contributed by atoms with E-state index < -0.39 is 0 Å². The summed E-state index contributed by atoms with van der Waals surface area (Å²) in [6, 6.07) is 14.2. The lowest BCUT2D eigenvalue weighted by atomic mass is 10.1. The molecule has 0 aliphatic rings.